The summed E-state index contributed by atoms with van der Waals surface area (Å²) in [6.45, 7) is 13.4. The van der Waals surface area contributed by atoms with Crippen LogP contribution >= 0.6 is 0 Å². The minimum absolute atomic E-state index is 0.0669. The number of aromatic nitrogens is 1. The Bertz CT molecular complexity index is 1020. The van der Waals surface area contributed by atoms with Crippen molar-refractivity contribution in [1.29, 1.82) is 0 Å². The highest BCUT2D eigenvalue weighted by atomic mass is 16.3. The summed E-state index contributed by atoms with van der Waals surface area (Å²) < 4.78 is 0. The van der Waals surface area contributed by atoms with Crippen LogP contribution in [0.15, 0.2) is 53.3 Å². The monoisotopic (exact) mass is 524 g/mol. The molecule has 1 aliphatic rings. The number of carbonyl (C=O) groups is 2. The lowest BCUT2D eigenvalue weighted by atomic mass is 9.71. The number of nitrogens with zero attached hydrogens (tertiary/aromatic N) is 1. The Morgan fingerprint density at radius 3 is 2.53 bits per heavy atom. The Morgan fingerprint density at radius 2 is 1.89 bits per heavy atom. The van der Waals surface area contributed by atoms with Gasteiger partial charge in [-0.15, -0.1) is 0 Å². The van der Waals surface area contributed by atoms with Crippen molar-refractivity contribution in [3.63, 3.8) is 0 Å². The van der Waals surface area contributed by atoms with Gasteiger partial charge in [0.1, 0.15) is 5.78 Å². The minimum Gasteiger partial charge on any atom is -0.392 e. The molecule has 0 fully saturated rings. The van der Waals surface area contributed by atoms with Crippen molar-refractivity contribution < 1.29 is 19.8 Å². The largest absolute Gasteiger partial charge is 0.392 e. The lowest BCUT2D eigenvalue weighted by Crippen LogP contribution is -2.48. The highest BCUT2D eigenvalue weighted by molar-refractivity contribution is 5.88. The van der Waals surface area contributed by atoms with Crippen LogP contribution < -0.4 is 5.32 Å². The van der Waals surface area contributed by atoms with Gasteiger partial charge in [0.05, 0.1) is 35.8 Å². The minimum atomic E-state index is -1.19. The molecule has 1 aromatic rings. The predicted molar refractivity (Wildman–Crippen MR) is 154 cm³/mol. The second kappa shape index (κ2) is 14.5. The number of aliphatic hydroxyl groups is 2. The molecule has 0 aromatic carbocycles. The second-order valence-corrected chi connectivity index (χ2v) is 11.8. The number of carbonyl (C=O) groups excluding carboxylic acids is 2. The molecule has 6 heteroatoms. The van der Waals surface area contributed by atoms with Crippen LogP contribution in [0.5, 0.6) is 0 Å². The topological polar surface area (TPSA) is 99.5 Å². The van der Waals surface area contributed by atoms with Crippen LogP contribution in [0.4, 0.5) is 0 Å². The van der Waals surface area contributed by atoms with Crippen molar-refractivity contribution in [3.8, 4) is 0 Å². The maximum Gasteiger partial charge on any atom is 0.223 e. The zero-order chi connectivity index (χ0) is 28.5. The van der Waals surface area contributed by atoms with E-state index in [4.69, 9.17) is 0 Å². The van der Waals surface area contributed by atoms with Crippen molar-refractivity contribution in [1.82, 2.24) is 10.3 Å². The molecular weight excluding hydrogens is 476 g/mol. The van der Waals surface area contributed by atoms with E-state index in [2.05, 4.69) is 23.3 Å². The zero-order valence-electron chi connectivity index (χ0n) is 24.3. The molecule has 6 nitrogen and oxygen atoms in total. The first-order chi connectivity index (χ1) is 17.8. The summed E-state index contributed by atoms with van der Waals surface area (Å²) in [6, 6.07) is 5.44. The van der Waals surface area contributed by atoms with E-state index in [-0.39, 0.29) is 30.1 Å². The molecule has 0 saturated carbocycles. The van der Waals surface area contributed by atoms with Gasteiger partial charge in [-0.1, -0.05) is 50.1 Å². The number of amides is 1. The first-order valence-corrected chi connectivity index (χ1v) is 13.9. The standard InChI is InChI=1S/C32H48N2O4/c1-21(2)14-16-26-30(37)23(4)12-10-11-22(3)15-17-27(24(5)19-25-13-8-9-18-33-25)34-29(36)20-28(35)32(6,7)31(26)38/h8-9,13-15,18-19,23,26-28,30,35,37H,10-12,16-17,20H2,1-7H3,(H,34,36)/b22-15+,24-19?. The van der Waals surface area contributed by atoms with Crippen LogP contribution in [0.2, 0.25) is 0 Å². The van der Waals surface area contributed by atoms with Crippen LogP contribution in [0.25, 0.3) is 6.08 Å². The molecule has 1 amide bonds. The van der Waals surface area contributed by atoms with E-state index in [1.165, 1.54) is 5.57 Å². The van der Waals surface area contributed by atoms with Gasteiger partial charge >= 0.3 is 0 Å². The number of Topliss-reactive ketones (excluding diaryl/α,β-unsaturated/α-hetero) is 1. The van der Waals surface area contributed by atoms with E-state index >= 15 is 0 Å². The highest BCUT2D eigenvalue weighted by Gasteiger charge is 2.43. The first-order valence-electron chi connectivity index (χ1n) is 13.9. The number of pyridine rings is 1. The van der Waals surface area contributed by atoms with Gasteiger partial charge in [0.15, 0.2) is 0 Å². The molecule has 0 spiro atoms. The van der Waals surface area contributed by atoms with E-state index in [9.17, 15) is 19.8 Å². The summed E-state index contributed by atoms with van der Waals surface area (Å²) in [6.07, 6.45) is 9.25. The second-order valence-electron chi connectivity index (χ2n) is 11.8. The Hall–Kier alpha value is -2.57. The maximum absolute atomic E-state index is 13.8. The average molecular weight is 525 g/mol. The van der Waals surface area contributed by atoms with E-state index < -0.39 is 23.5 Å². The highest BCUT2D eigenvalue weighted by Crippen LogP contribution is 2.34. The van der Waals surface area contributed by atoms with Crippen LogP contribution in [0.1, 0.15) is 92.7 Å². The van der Waals surface area contributed by atoms with E-state index in [0.29, 0.717) is 12.8 Å². The lowest BCUT2D eigenvalue weighted by molar-refractivity contribution is -0.143. The van der Waals surface area contributed by atoms with E-state index in [1.807, 2.05) is 58.0 Å². The number of allylic oxidation sites excluding steroid dienone is 3. The van der Waals surface area contributed by atoms with Crippen LogP contribution in [0, 0.1) is 17.3 Å². The van der Waals surface area contributed by atoms with Crippen molar-refractivity contribution in [2.75, 3.05) is 0 Å². The molecule has 1 aromatic heterocycles. The molecule has 0 radical (unpaired) electrons. The molecule has 210 valence electrons. The van der Waals surface area contributed by atoms with Gasteiger partial charge in [0, 0.05) is 12.1 Å². The molecule has 5 atom stereocenters. The van der Waals surface area contributed by atoms with Gasteiger partial charge in [0.2, 0.25) is 5.91 Å². The average Bonchev–Trinajstić information content (AvgIpc) is 2.85. The number of ketones is 1. The molecule has 1 aliphatic heterocycles. The fourth-order valence-electron chi connectivity index (χ4n) is 4.94. The van der Waals surface area contributed by atoms with Gasteiger partial charge < -0.3 is 15.5 Å². The molecular formula is C32H48N2O4. The van der Waals surface area contributed by atoms with Crippen molar-refractivity contribution >= 4 is 17.8 Å². The van der Waals surface area contributed by atoms with Gasteiger partial charge in [-0.2, -0.15) is 0 Å². The third-order valence-corrected chi connectivity index (χ3v) is 7.84. The lowest BCUT2D eigenvalue weighted by Gasteiger charge is -2.36. The van der Waals surface area contributed by atoms with E-state index in [0.717, 1.165) is 36.1 Å². The Morgan fingerprint density at radius 1 is 1.18 bits per heavy atom. The first kappa shape index (κ1) is 31.6. The Labute approximate surface area is 229 Å². The quantitative estimate of drug-likeness (QED) is 0.432. The number of hydrogen-bond acceptors (Lipinski definition) is 5. The van der Waals surface area contributed by atoms with Crippen LogP contribution in [-0.4, -0.2) is 45.1 Å². The molecule has 38 heavy (non-hydrogen) atoms. The van der Waals surface area contributed by atoms with Gasteiger partial charge in [-0.05, 0) is 89.5 Å². The SMILES string of the molecule is CC(C)=CCC1C(=O)C(C)(C)C(O)CC(=O)NC(C(C)=Cc2ccccn2)C/C=C(\C)CCCC(C)C1O. The predicted octanol–water partition coefficient (Wildman–Crippen LogP) is 5.81. The van der Waals surface area contributed by atoms with Gasteiger partial charge in [0.25, 0.3) is 0 Å². The maximum atomic E-state index is 13.8. The number of aliphatic hydroxyl groups excluding tert-OH is 2. The molecule has 5 unspecified atom stereocenters. The van der Waals surface area contributed by atoms with Crippen LogP contribution in [-0.2, 0) is 9.59 Å². The summed E-state index contributed by atoms with van der Waals surface area (Å²) >= 11 is 0. The van der Waals surface area contributed by atoms with Crippen molar-refractivity contribution in [2.24, 2.45) is 17.3 Å². The fraction of sp³-hybridized carbons (Fsp3) is 0.594. The van der Waals surface area contributed by atoms with Gasteiger partial charge in [-0.25, -0.2) is 0 Å². The zero-order valence-corrected chi connectivity index (χ0v) is 24.3. The van der Waals surface area contributed by atoms with Crippen molar-refractivity contribution in [3.05, 3.63) is 59.0 Å². The molecule has 0 aliphatic carbocycles. The van der Waals surface area contributed by atoms with E-state index in [1.54, 1.807) is 20.0 Å². The Balaban J connectivity index is 2.40. The summed E-state index contributed by atoms with van der Waals surface area (Å²) in [5, 5.41) is 25.4. The fourth-order valence-corrected chi connectivity index (χ4v) is 4.94. The summed E-state index contributed by atoms with van der Waals surface area (Å²) in [5.74, 6) is -1.23. The van der Waals surface area contributed by atoms with Crippen LogP contribution in [0.3, 0.4) is 0 Å². The smallest absolute Gasteiger partial charge is 0.223 e. The van der Waals surface area contributed by atoms with Crippen molar-refractivity contribution in [2.45, 2.75) is 105 Å². The molecule has 2 rings (SSSR count). The molecule has 0 saturated heterocycles. The molecule has 2 heterocycles. The van der Waals surface area contributed by atoms with Gasteiger partial charge in [-0.3, -0.25) is 14.6 Å². The third kappa shape index (κ3) is 9.32. The normalized spacial score (nSPS) is 29.7. The summed E-state index contributed by atoms with van der Waals surface area (Å²) in [5.41, 5.74) is 2.88. The molecule has 0 bridgehead atoms. The number of nitrogens with one attached hydrogen (secondary N) is 1. The Kier molecular flexibility index (Phi) is 12.1. The summed E-state index contributed by atoms with van der Waals surface area (Å²) in [4.78, 5) is 31.3. The number of rotatable bonds is 4. The third-order valence-electron chi connectivity index (χ3n) is 7.84. The number of hydrogen-bond donors (Lipinski definition) is 3. The molecule has 3 N–H and O–H groups in total. The summed E-state index contributed by atoms with van der Waals surface area (Å²) in [7, 11) is 0.